The van der Waals surface area contributed by atoms with Gasteiger partial charge in [0.25, 0.3) is 0 Å². The first-order chi connectivity index (χ1) is 6.73. The Morgan fingerprint density at radius 2 is 2.07 bits per heavy atom. The topological polar surface area (TPSA) is 87.8 Å². The fourth-order valence-corrected chi connectivity index (χ4v) is 2.06. The fraction of sp³-hybridized carbons (Fsp3) is 0.667. The summed E-state index contributed by atoms with van der Waals surface area (Å²) in [5.74, 6) is -0.489. The van der Waals surface area contributed by atoms with Gasteiger partial charge < -0.3 is 5.73 Å². The van der Waals surface area contributed by atoms with Gasteiger partial charge in [-0.25, -0.2) is 0 Å². The minimum Gasteiger partial charge on any atom is -0.366 e. The number of nitrogens with one attached hydrogen (secondary N) is 1. The summed E-state index contributed by atoms with van der Waals surface area (Å²) >= 11 is 0. The molecule has 1 amide bonds. The minimum atomic E-state index is -0.689. The van der Waals surface area contributed by atoms with E-state index in [1.807, 2.05) is 13.8 Å². The van der Waals surface area contributed by atoms with Crippen LogP contribution in [0.15, 0.2) is 11.6 Å². The highest BCUT2D eigenvalue weighted by Gasteiger charge is 2.49. The molecule has 0 bridgehead atoms. The zero-order valence-corrected chi connectivity index (χ0v) is 9.37. The molecule has 1 heterocycles. The first kappa shape index (κ1) is 12.1. The van der Waals surface area contributed by atoms with Crippen LogP contribution in [0.5, 0.6) is 0 Å². The second-order valence-electron chi connectivity index (χ2n) is 4.61. The van der Waals surface area contributed by atoms with E-state index in [0.29, 0.717) is 5.57 Å². The van der Waals surface area contributed by atoms with Crippen LogP contribution in [-0.2, 0) is 9.73 Å². The van der Waals surface area contributed by atoms with Crippen LogP contribution in [0.1, 0.15) is 27.7 Å². The number of hydrogen-bond acceptors (Lipinski definition) is 5. The fourth-order valence-electron chi connectivity index (χ4n) is 2.06. The largest absolute Gasteiger partial charge is 0.366 e. The monoisotopic (exact) mass is 215 g/mol. The van der Waals surface area contributed by atoms with Gasteiger partial charge in [0.2, 0.25) is 5.91 Å². The van der Waals surface area contributed by atoms with Gasteiger partial charge in [-0.2, -0.15) is 4.94 Å². The van der Waals surface area contributed by atoms with Crippen LogP contribution in [0, 0.1) is 0 Å². The zero-order chi connectivity index (χ0) is 11.9. The number of hydrogen-bond donors (Lipinski definition) is 3. The van der Waals surface area contributed by atoms with Crippen molar-refractivity contribution in [3.63, 3.8) is 0 Å². The first-order valence-electron chi connectivity index (χ1n) is 4.63. The molecule has 0 aromatic carbocycles. The molecule has 1 aliphatic heterocycles. The maximum Gasteiger partial charge on any atom is 0.246 e. The number of amides is 1. The molecule has 0 radical (unpaired) electrons. The average Bonchev–Trinajstić information content (AvgIpc) is 2.25. The third kappa shape index (κ3) is 1.89. The molecule has 0 saturated heterocycles. The third-order valence-electron chi connectivity index (χ3n) is 2.59. The molecule has 1 aliphatic rings. The standard InChI is InChI=1S/C9H17N3O3/c1-8(2)5-6(7(10)13)9(3,4)12(8)15-11-14/h5,11,14H,1-4H3,(H2,10,13). The molecule has 0 aromatic rings. The lowest BCUT2D eigenvalue weighted by Crippen LogP contribution is -2.53. The Hall–Kier alpha value is -0.950. The molecular weight excluding hydrogens is 198 g/mol. The van der Waals surface area contributed by atoms with Gasteiger partial charge in [-0.05, 0) is 27.7 Å². The van der Waals surface area contributed by atoms with Gasteiger partial charge in [0, 0.05) is 5.57 Å². The SMILES string of the molecule is CC1(C)C=C(C(N)=O)C(C)(C)N1ONO. The maximum absolute atomic E-state index is 11.2. The second-order valence-corrected chi connectivity index (χ2v) is 4.61. The van der Waals surface area contributed by atoms with E-state index in [4.69, 9.17) is 15.9 Å². The quantitative estimate of drug-likeness (QED) is 0.581. The highest BCUT2D eigenvalue weighted by molar-refractivity contribution is 5.95. The zero-order valence-electron chi connectivity index (χ0n) is 9.37. The molecule has 0 atom stereocenters. The van der Waals surface area contributed by atoms with Crippen LogP contribution in [0.2, 0.25) is 0 Å². The van der Waals surface area contributed by atoms with E-state index in [0.717, 1.165) is 0 Å². The van der Waals surface area contributed by atoms with E-state index in [1.165, 1.54) is 5.06 Å². The molecular formula is C9H17N3O3. The molecule has 1 rings (SSSR count). The average molecular weight is 215 g/mol. The Kier molecular flexibility index (Phi) is 2.88. The number of nitrogens with two attached hydrogens (primary N) is 1. The normalized spacial score (nSPS) is 23.9. The summed E-state index contributed by atoms with van der Waals surface area (Å²) in [6.07, 6.45) is 1.73. The van der Waals surface area contributed by atoms with Crippen molar-refractivity contribution in [3.05, 3.63) is 11.6 Å². The highest BCUT2D eigenvalue weighted by Crippen LogP contribution is 2.39. The lowest BCUT2D eigenvalue weighted by molar-refractivity contribution is -0.333. The molecule has 0 aliphatic carbocycles. The number of primary amides is 1. The van der Waals surface area contributed by atoms with Gasteiger partial charge in [-0.3, -0.25) is 10.0 Å². The third-order valence-corrected chi connectivity index (χ3v) is 2.59. The van der Waals surface area contributed by atoms with Gasteiger partial charge in [0.05, 0.1) is 11.1 Å². The van der Waals surface area contributed by atoms with Crippen molar-refractivity contribution in [3.8, 4) is 0 Å². The molecule has 86 valence electrons. The predicted octanol–water partition coefficient (Wildman–Crippen LogP) is 0.0963. The first-order valence-corrected chi connectivity index (χ1v) is 4.63. The Morgan fingerprint density at radius 1 is 1.53 bits per heavy atom. The summed E-state index contributed by atoms with van der Waals surface area (Å²) in [5.41, 5.74) is 6.15. The summed E-state index contributed by atoms with van der Waals surface area (Å²) in [6.45, 7) is 7.27. The summed E-state index contributed by atoms with van der Waals surface area (Å²) in [6, 6.07) is 0. The van der Waals surface area contributed by atoms with Crippen LogP contribution >= 0.6 is 0 Å². The lowest BCUT2D eigenvalue weighted by Gasteiger charge is -2.38. The van der Waals surface area contributed by atoms with Crippen molar-refractivity contribution in [1.82, 2.24) is 10.7 Å². The molecule has 15 heavy (non-hydrogen) atoms. The van der Waals surface area contributed by atoms with E-state index in [9.17, 15) is 4.79 Å². The van der Waals surface area contributed by atoms with Gasteiger partial charge in [0.1, 0.15) is 0 Å². The summed E-state index contributed by atoms with van der Waals surface area (Å²) < 4.78 is 0. The number of carbonyl (C=O) groups excluding carboxylic acids is 1. The van der Waals surface area contributed by atoms with Gasteiger partial charge in [-0.15, -0.1) is 5.06 Å². The van der Waals surface area contributed by atoms with Crippen LogP contribution in [-0.4, -0.2) is 27.3 Å². The highest BCUT2D eigenvalue weighted by atomic mass is 16.9. The lowest BCUT2D eigenvalue weighted by atomic mass is 9.96. The molecule has 4 N–H and O–H groups in total. The van der Waals surface area contributed by atoms with Crippen LogP contribution in [0.25, 0.3) is 0 Å². The van der Waals surface area contributed by atoms with E-state index >= 15 is 0 Å². The van der Waals surface area contributed by atoms with Crippen molar-refractivity contribution in [2.24, 2.45) is 5.73 Å². The van der Waals surface area contributed by atoms with E-state index in [2.05, 4.69) is 0 Å². The van der Waals surface area contributed by atoms with Crippen LogP contribution in [0.4, 0.5) is 0 Å². The Balaban J connectivity index is 3.11. The van der Waals surface area contributed by atoms with Crippen molar-refractivity contribution in [1.29, 1.82) is 0 Å². The molecule has 6 heteroatoms. The summed E-state index contributed by atoms with van der Waals surface area (Å²) in [4.78, 5) is 16.1. The number of hydroxylamine groups is 2. The smallest absolute Gasteiger partial charge is 0.246 e. The van der Waals surface area contributed by atoms with Crippen molar-refractivity contribution >= 4 is 5.91 Å². The van der Waals surface area contributed by atoms with Gasteiger partial charge >= 0.3 is 0 Å². The van der Waals surface area contributed by atoms with Gasteiger partial charge in [-0.1, -0.05) is 11.7 Å². The van der Waals surface area contributed by atoms with Crippen LogP contribution in [0.3, 0.4) is 0 Å². The minimum absolute atomic E-state index is 0.461. The van der Waals surface area contributed by atoms with Gasteiger partial charge in [0.15, 0.2) is 0 Å². The Morgan fingerprint density at radius 3 is 2.40 bits per heavy atom. The second kappa shape index (κ2) is 3.57. The van der Waals surface area contributed by atoms with E-state index in [-0.39, 0.29) is 0 Å². The molecule has 6 nitrogen and oxygen atoms in total. The molecule has 0 saturated carbocycles. The molecule has 0 fully saturated rings. The molecule has 0 aromatic heterocycles. The van der Waals surface area contributed by atoms with Crippen molar-refractivity contribution in [2.75, 3.05) is 0 Å². The van der Waals surface area contributed by atoms with Crippen molar-refractivity contribution < 1.29 is 14.9 Å². The molecule has 0 spiro atoms. The Bertz CT molecular complexity index is 310. The van der Waals surface area contributed by atoms with Crippen LogP contribution < -0.4 is 11.4 Å². The maximum atomic E-state index is 11.2. The molecule has 0 unspecified atom stereocenters. The summed E-state index contributed by atoms with van der Waals surface area (Å²) in [5, 5.41) is 10.0. The number of nitrogens with zero attached hydrogens (tertiary/aromatic N) is 1. The predicted molar refractivity (Wildman–Crippen MR) is 53.3 cm³/mol. The van der Waals surface area contributed by atoms with E-state index in [1.54, 1.807) is 25.6 Å². The van der Waals surface area contributed by atoms with E-state index < -0.39 is 17.0 Å². The number of rotatable bonds is 3. The number of carbonyl (C=O) groups is 1. The van der Waals surface area contributed by atoms with Crippen molar-refractivity contribution in [2.45, 2.75) is 38.8 Å². The summed E-state index contributed by atoms with van der Waals surface area (Å²) in [7, 11) is 0. The Labute approximate surface area is 88.5 Å².